The van der Waals surface area contributed by atoms with E-state index in [9.17, 15) is 63.6 Å². The summed E-state index contributed by atoms with van der Waals surface area (Å²) >= 11 is 0. The van der Waals surface area contributed by atoms with Crippen LogP contribution in [0.3, 0.4) is 0 Å². The predicted octanol–water partition coefficient (Wildman–Crippen LogP) is -4.31. The monoisotopic (exact) mass is 892 g/mol. The summed E-state index contributed by atoms with van der Waals surface area (Å²) < 4.78 is 0. The van der Waals surface area contributed by atoms with Crippen molar-refractivity contribution >= 4 is 53.2 Å². The van der Waals surface area contributed by atoms with Crippen LogP contribution < -0.4 is 49.1 Å². The number of phenols is 1. The number of hydrogen-bond donors (Lipinski definition) is 13. The second kappa shape index (κ2) is 25.9. The van der Waals surface area contributed by atoms with Gasteiger partial charge in [0, 0.05) is 13.0 Å². The minimum atomic E-state index is -1.67. The van der Waals surface area contributed by atoms with Crippen LogP contribution >= 0.6 is 0 Å². The van der Waals surface area contributed by atoms with Gasteiger partial charge in [0.05, 0.1) is 25.2 Å². The number of nitrogens with zero attached hydrogens (tertiary/aromatic N) is 1. The quantitative estimate of drug-likeness (QED) is 0.0391. The van der Waals surface area contributed by atoms with Crippen LogP contribution in [0.4, 0.5) is 0 Å². The van der Waals surface area contributed by atoms with Crippen molar-refractivity contribution < 1.29 is 63.6 Å². The molecule has 0 radical (unpaired) electrons. The number of carboxylic acids is 1. The van der Waals surface area contributed by atoms with Gasteiger partial charge in [0.15, 0.2) is 0 Å². The number of aliphatic hydroxyl groups excluding tert-OH is 2. The van der Waals surface area contributed by atoms with Crippen molar-refractivity contribution in [1.29, 1.82) is 0 Å². The molecule has 0 aromatic heterocycles. The Morgan fingerprint density at radius 1 is 0.778 bits per heavy atom. The lowest BCUT2D eigenvalue weighted by molar-refractivity contribution is -0.143. The number of rotatable bonds is 26. The van der Waals surface area contributed by atoms with E-state index in [1.807, 2.05) is 0 Å². The third-order valence-electron chi connectivity index (χ3n) is 10.1. The zero-order chi connectivity index (χ0) is 47.6. The molecule has 9 atom stereocenters. The van der Waals surface area contributed by atoms with Gasteiger partial charge < -0.3 is 74.4 Å². The van der Waals surface area contributed by atoms with Crippen molar-refractivity contribution in [1.82, 2.24) is 36.8 Å². The van der Waals surface area contributed by atoms with Crippen molar-refractivity contribution in [3.63, 3.8) is 0 Å². The summed E-state index contributed by atoms with van der Waals surface area (Å²) in [7, 11) is 0. The molecule has 1 fully saturated rings. The number of primary amides is 1. The average Bonchev–Trinajstić information content (AvgIpc) is 3.71. The van der Waals surface area contributed by atoms with Gasteiger partial charge in [-0.05, 0) is 76.1 Å². The van der Waals surface area contributed by atoms with Crippen molar-refractivity contribution in [2.24, 2.45) is 23.1 Å². The van der Waals surface area contributed by atoms with E-state index in [0.29, 0.717) is 31.4 Å². The molecule has 0 aliphatic carbocycles. The molecule has 1 aromatic carbocycles. The first-order chi connectivity index (χ1) is 29.6. The summed E-state index contributed by atoms with van der Waals surface area (Å²) in [6.45, 7) is 5.54. The minimum absolute atomic E-state index is 0.0477. The highest BCUT2D eigenvalue weighted by Gasteiger charge is 2.40. The highest BCUT2D eigenvalue weighted by molar-refractivity contribution is 5.99. The first-order valence-electron chi connectivity index (χ1n) is 20.8. The van der Waals surface area contributed by atoms with Gasteiger partial charge in [-0.3, -0.25) is 38.4 Å². The standard InChI is InChI=1S/C40H64N10O13/c1-20(2)16-28(40(62)63)47-38(60)32(22(4)52)49-36(58)26(17-23-10-12-24(53)13-11-23)45-33(55)21(3)44-35(57)27(18-31(43)54)46-37(59)30-9-7-15-50(30)39(61)29(19-51)48-34(56)25(42)8-5-6-14-41/h10-13,20-22,25-30,32,51-53H,5-9,14-19,41-42H2,1-4H3,(H2,43,54)(H,44,57)(H,45,55)(H,46,59)(H,47,60)(H,48,56)(H,49,58)(H,62,63)/t21-,22+,25-,26-,27-,28-,29-,30-,32-/m0/s1. The predicted molar refractivity (Wildman–Crippen MR) is 224 cm³/mol. The number of hydrogen-bond acceptors (Lipinski definition) is 14. The van der Waals surface area contributed by atoms with E-state index in [1.54, 1.807) is 13.8 Å². The molecular weight excluding hydrogens is 828 g/mol. The minimum Gasteiger partial charge on any atom is -0.508 e. The van der Waals surface area contributed by atoms with Gasteiger partial charge in [-0.25, -0.2) is 4.79 Å². The number of carbonyl (C=O) groups excluding carboxylic acids is 8. The molecule has 0 bridgehead atoms. The number of carboxylic acid groups (broad SMARTS) is 1. The van der Waals surface area contributed by atoms with Gasteiger partial charge >= 0.3 is 5.97 Å². The zero-order valence-corrected chi connectivity index (χ0v) is 36.0. The fourth-order valence-corrected chi connectivity index (χ4v) is 6.65. The smallest absolute Gasteiger partial charge is 0.326 e. The molecule has 23 heteroatoms. The fourth-order valence-electron chi connectivity index (χ4n) is 6.65. The van der Waals surface area contributed by atoms with Crippen LogP contribution in [0.5, 0.6) is 5.75 Å². The number of phenolic OH excluding ortho intramolecular Hbond substituents is 1. The second-order valence-corrected chi connectivity index (χ2v) is 16.0. The molecule has 1 aromatic rings. The first-order valence-corrected chi connectivity index (χ1v) is 20.8. The number of carbonyl (C=O) groups is 9. The lowest BCUT2D eigenvalue weighted by atomic mass is 10.0. The van der Waals surface area contributed by atoms with Gasteiger partial charge in [-0.1, -0.05) is 32.4 Å². The molecule has 16 N–H and O–H groups in total. The molecular formula is C40H64N10O13. The van der Waals surface area contributed by atoms with Gasteiger partial charge in [0.25, 0.3) is 0 Å². The zero-order valence-electron chi connectivity index (χ0n) is 36.0. The third kappa shape index (κ3) is 17.4. The van der Waals surface area contributed by atoms with Gasteiger partial charge in [0.1, 0.15) is 48.0 Å². The number of benzene rings is 1. The van der Waals surface area contributed by atoms with Crippen LogP contribution in [0.15, 0.2) is 24.3 Å². The third-order valence-corrected chi connectivity index (χ3v) is 10.1. The summed E-state index contributed by atoms with van der Waals surface area (Å²) in [5.41, 5.74) is 17.2. The SMILES string of the molecule is CC(C)C[C@H](NC(=O)[C@@H](NC(=O)[C@H](Cc1ccc(O)cc1)NC(=O)[C@H](C)NC(=O)[C@H](CC(N)=O)NC(=O)[C@@H]1CCCN1C(=O)[C@H](CO)NC(=O)[C@@H](N)CCCCN)[C@@H](C)O)C(=O)O. The Kier molecular flexibility index (Phi) is 21.9. The van der Waals surface area contributed by atoms with Crippen LogP contribution in [0, 0.1) is 5.92 Å². The number of nitrogens with one attached hydrogen (secondary N) is 6. The van der Waals surface area contributed by atoms with E-state index in [0.717, 1.165) is 4.90 Å². The van der Waals surface area contributed by atoms with Crippen molar-refractivity contribution in [2.45, 2.75) is 134 Å². The van der Waals surface area contributed by atoms with E-state index >= 15 is 0 Å². The first kappa shape index (κ1) is 53.2. The number of unbranched alkanes of at least 4 members (excludes halogenated alkanes) is 1. The second-order valence-electron chi connectivity index (χ2n) is 16.0. The van der Waals surface area contributed by atoms with E-state index in [4.69, 9.17) is 17.2 Å². The Labute approximate surface area is 365 Å². The molecule has 63 heavy (non-hydrogen) atoms. The van der Waals surface area contributed by atoms with E-state index in [-0.39, 0.29) is 43.9 Å². The summed E-state index contributed by atoms with van der Waals surface area (Å²) in [5.74, 6) is -8.95. The number of aliphatic hydroxyl groups is 2. The molecule has 1 aliphatic rings. The maximum Gasteiger partial charge on any atom is 0.326 e. The molecule has 1 saturated heterocycles. The molecule has 0 unspecified atom stereocenters. The summed E-state index contributed by atoms with van der Waals surface area (Å²) in [4.78, 5) is 119. The van der Waals surface area contributed by atoms with Crippen LogP contribution in [0.25, 0.3) is 0 Å². The Balaban J connectivity index is 2.23. The molecule has 0 saturated carbocycles. The summed E-state index contributed by atoms with van der Waals surface area (Å²) in [5, 5.41) is 54.0. The number of nitrogens with two attached hydrogens (primary N) is 3. The Bertz CT molecular complexity index is 1760. The van der Waals surface area contributed by atoms with Crippen molar-refractivity contribution in [3.05, 3.63) is 29.8 Å². The van der Waals surface area contributed by atoms with E-state index in [1.165, 1.54) is 38.1 Å². The number of likely N-dealkylation sites (tertiary alicyclic amines) is 1. The average molecular weight is 893 g/mol. The summed E-state index contributed by atoms with van der Waals surface area (Å²) in [6.07, 6.45) is -0.540. The molecule has 1 heterocycles. The maximum absolute atomic E-state index is 13.7. The van der Waals surface area contributed by atoms with Crippen molar-refractivity contribution in [2.75, 3.05) is 19.7 Å². The molecule has 1 aliphatic heterocycles. The Morgan fingerprint density at radius 3 is 1.94 bits per heavy atom. The normalized spacial score (nSPS) is 17.4. The van der Waals surface area contributed by atoms with Crippen LogP contribution in [-0.2, 0) is 49.6 Å². The summed E-state index contributed by atoms with van der Waals surface area (Å²) in [6, 6.07) is -5.68. The van der Waals surface area contributed by atoms with Crippen molar-refractivity contribution in [3.8, 4) is 5.75 Å². The number of aromatic hydroxyl groups is 1. The number of amides is 8. The molecule has 23 nitrogen and oxygen atoms in total. The Morgan fingerprint density at radius 2 is 1.38 bits per heavy atom. The molecule has 8 amide bonds. The van der Waals surface area contributed by atoms with Gasteiger partial charge in [-0.15, -0.1) is 0 Å². The van der Waals surface area contributed by atoms with Crippen LogP contribution in [0.2, 0.25) is 0 Å². The highest BCUT2D eigenvalue weighted by Crippen LogP contribution is 2.19. The molecule has 352 valence electrons. The topological polar surface area (TPSA) is 388 Å². The van der Waals surface area contributed by atoms with Gasteiger partial charge in [-0.2, -0.15) is 0 Å². The number of aliphatic carboxylic acids is 1. The maximum atomic E-state index is 13.7. The molecule has 0 spiro atoms. The lowest BCUT2D eigenvalue weighted by Crippen LogP contribution is -2.61. The molecule has 2 rings (SSSR count). The van der Waals surface area contributed by atoms with Crippen LogP contribution in [-0.4, -0.2) is 153 Å². The largest absolute Gasteiger partial charge is 0.508 e. The Hall–Kier alpha value is -5.91. The highest BCUT2D eigenvalue weighted by atomic mass is 16.4. The van der Waals surface area contributed by atoms with Crippen LogP contribution in [0.1, 0.15) is 78.2 Å². The fraction of sp³-hybridized carbons (Fsp3) is 0.625. The van der Waals surface area contributed by atoms with E-state index in [2.05, 4.69) is 31.9 Å². The lowest BCUT2D eigenvalue weighted by Gasteiger charge is -2.29. The van der Waals surface area contributed by atoms with E-state index < -0.39 is 121 Å². The van der Waals surface area contributed by atoms with Gasteiger partial charge in [0.2, 0.25) is 47.3 Å².